The summed E-state index contributed by atoms with van der Waals surface area (Å²) in [5, 5.41) is 20.0. The molecule has 1 N–H and O–H groups in total. The number of rotatable bonds is 4. The molecular formula is C11H15NO3. The largest absolute Gasteiger partial charge is 0.393 e. The van der Waals surface area contributed by atoms with Crippen LogP contribution in [0.15, 0.2) is 18.2 Å². The van der Waals surface area contributed by atoms with Gasteiger partial charge in [-0.1, -0.05) is 13.0 Å². The van der Waals surface area contributed by atoms with Gasteiger partial charge >= 0.3 is 0 Å². The third-order valence-corrected chi connectivity index (χ3v) is 2.40. The molecule has 0 fully saturated rings. The van der Waals surface area contributed by atoms with E-state index in [-0.39, 0.29) is 11.8 Å². The average Bonchev–Trinajstić information content (AvgIpc) is 2.17. The zero-order valence-corrected chi connectivity index (χ0v) is 8.93. The predicted octanol–water partition coefficient (Wildman–Crippen LogP) is 2.22. The molecule has 0 aliphatic heterocycles. The van der Waals surface area contributed by atoms with E-state index in [1.165, 1.54) is 6.07 Å². The highest BCUT2D eigenvalue weighted by molar-refractivity contribution is 5.41. The third kappa shape index (κ3) is 3.02. The Hall–Kier alpha value is -1.42. The Balaban J connectivity index is 2.87. The summed E-state index contributed by atoms with van der Waals surface area (Å²) in [4.78, 5) is 10.2. The van der Waals surface area contributed by atoms with E-state index < -0.39 is 4.92 Å². The van der Waals surface area contributed by atoms with Gasteiger partial charge in [0.15, 0.2) is 0 Å². The molecule has 0 radical (unpaired) electrons. The molecule has 4 nitrogen and oxygen atoms in total. The standard InChI is InChI=1S/C11H15NO3/c1-3-10(13)7-9-4-5-11(12(14)15)8(2)6-9/h4-6,10,13H,3,7H2,1-2H3. The van der Waals surface area contributed by atoms with E-state index in [0.717, 1.165) is 5.56 Å². The Bertz CT molecular complexity index is 363. The van der Waals surface area contributed by atoms with Gasteiger partial charge in [-0.3, -0.25) is 10.1 Å². The van der Waals surface area contributed by atoms with E-state index in [0.29, 0.717) is 18.4 Å². The molecule has 0 heterocycles. The Morgan fingerprint density at radius 3 is 2.67 bits per heavy atom. The van der Waals surface area contributed by atoms with Crippen molar-refractivity contribution in [1.82, 2.24) is 0 Å². The molecule has 1 aromatic carbocycles. The summed E-state index contributed by atoms with van der Waals surface area (Å²) in [6.45, 7) is 3.61. The SMILES string of the molecule is CCC(O)Cc1ccc([N+](=O)[O-])c(C)c1. The topological polar surface area (TPSA) is 63.4 Å². The van der Waals surface area contributed by atoms with Crippen LogP contribution in [0.2, 0.25) is 0 Å². The second-order valence-electron chi connectivity index (χ2n) is 3.64. The van der Waals surface area contributed by atoms with E-state index in [9.17, 15) is 15.2 Å². The van der Waals surface area contributed by atoms with Crippen LogP contribution in [-0.4, -0.2) is 16.1 Å². The summed E-state index contributed by atoms with van der Waals surface area (Å²) >= 11 is 0. The van der Waals surface area contributed by atoms with Gasteiger partial charge in [-0.05, 0) is 31.4 Å². The van der Waals surface area contributed by atoms with Crippen molar-refractivity contribution in [2.45, 2.75) is 32.8 Å². The van der Waals surface area contributed by atoms with Crippen molar-refractivity contribution in [3.63, 3.8) is 0 Å². The molecule has 0 amide bonds. The van der Waals surface area contributed by atoms with Gasteiger partial charge in [0.1, 0.15) is 0 Å². The molecule has 0 saturated carbocycles. The number of hydrogen-bond acceptors (Lipinski definition) is 3. The second-order valence-corrected chi connectivity index (χ2v) is 3.64. The number of aliphatic hydroxyl groups is 1. The summed E-state index contributed by atoms with van der Waals surface area (Å²) < 4.78 is 0. The van der Waals surface area contributed by atoms with E-state index >= 15 is 0 Å². The summed E-state index contributed by atoms with van der Waals surface area (Å²) in [6, 6.07) is 4.95. The van der Waals surface area contributed by atoms with Gasteiger partial charge in [-0.15, -0.1) is 0 Å². The molecule has 1 rings (SSSR count). The van der Waals surface area contributed by atoms with Crippen molar-refractivity contribution in [3.05, 3.63) is 39.4 Å². The summed E-state index contributed by atoms with van der Waals surface area (Å²) in [5.74, 6) is 0. The molecule has 4 heteroatoms. The Labute approximate surface area is 88.7 Å². The lowest BCUT2D eigenvalue weighted by atomic mass is 10.0. The highest BCUT2D eigenvalue weighted by Gasteiger charge is 2.11. The van der Waals surface area contributed by atoms with Gasteiger partial charge in [0.2, 0.25) is 0 Å². The number of nitrogens with zero attached hydrogens (tertiary/aromatic N) is 1. The molecule has 0 aliphatic rings. The van der Waals surface area contributed by atoms with Crippen LogP contribution < -0.4 is 0 Å². The van der Waals surface area contributed by atoms with Gasteiger partial charge in [-0.25, -0.2) is 0 Å². The molecule has 1 unspecified atom stereocenters. The number of hydrogen-bond donors (Lipinski definition) is 1. The van der Waals surface area contributed by atoms with Gasteiger partial charge in [0.25, 0.3) is 5.69 Å². The van der Waals surface area contributed by atoms with E-state index in [1.807, 2.05) is 6.92 Å². The lowest BCUT2D eigenvalue weighted by molar-refractivity contribution is -0.385. The molecule has 0 aliphatic carbocycles. The number of aryl methyl sites for hydroxylation is 1. The maximum absolute atomic E-state index is 10.6. The maximum Gasteiger partial charge on any atom is 0.272 e. The fraction of sp³-hybridized carbons (Fsp3) is 0.455. The van der Waals surface area contributed by atoms with Crippen molar-refractivity contribution in [2.24, 2.45) is 0 Å². The number of aliphatic hydroxyl groups excluding tert-OH is 1. The van der Waals surface area contributed by atoms with Gasteiger partial charge in [-0.2, -0.15) is 0 Å². The molecule has 1 atom stereocenters. The van der Waals surface area contributed by atoms with Crippen molar-refractivity contribution >= 4 is 5.69 Å². The van der Waals surface area contributed by atoms with Crippen LogP contribution >= 0.6 is 0 Å². The van der Waals surface area contributed by atoms with Crippen LogP contribution in [0.25, 0.3) is 0 Å². The zero-order valence-electron chi connectivity index (χ0n) is 8.93. The molecule has 0 bridgehead atoms. The summed E-state index contributed by atoms with van der Waals surface area (Å²) in [5.41, 5.74) is 1.71. The van der Waals surface area contributed by atoms with Crippen molar-refractivity contribution in [2.75, 3.05) is 0 Å². The Morgan fingerprint density at radius 1 is 1.53 bits per heavy atom. The predicted molar refractivity (Wildman–Crippen MR) is 57.8 cm³/mol. The van der Waals surface area contributed by atoms with Gasteiger partial charge in [0.05, 0.1) is 11.0 Å². The summed E-state index contributed by atoms with van der Waals surface area (Å²) in [7, 11) is 0. The van der Waals surface area contributed by atoms with E-state index in [2.05, 4.69) is 0 Å². The Kier molecular flexibility index (Phi) is 3.80. The molecule has 0 spiro atoms. The van der Waals surface area contributed by atoms with Crippen LogP contribution in [0.4, 0.5) is 5.69 Å². The first-order valence-electron chi connectivity index (χ1n) is 4.96. The molecule has 0 saturated heterocycles. The Morgan fingerprint density at radius 2 is 2.20 bits per heavy atom. The number of nitro benzene ring substituents is 1. The highest BCUT2D eigenvalue weighted by atomic mass is 16.6. The molecule has 0 aromatic heterocycles. The first-order valence-corrected chi connectivity index (χ1v) is 4.96. The second kappa shape index (κ2) is 4.89. The van der Waals surface area contributed by atoms with Crippen LogP contribution in [0, 0.1) is 17.0 Å². The van der Waals surface area contributed by atoms with Crippen LogP contribution in [-0.2, 0) is 6.42 Å². The fourth-order valence-electron chi connectivity index (χ4n) is 1.47. The van der Waals surface area contributed by atoms with Crippen LogP contribution in [0.1, 0.15) is 24.5 Å². The van der Waals surface area contributed by atoms with Crippen LogP contribution in [0.3, 0.4) is 0 Å². The third-order valence-electron chi connectivity index (χ3n) is 2.40. The minimum atomic E-state index is -0.393. The fourth-order valence-corrected chi connectivity index (χ4v) is 1.47. The quantitative estimate of drug-likeness (QED) is 0.610. The molecule has 15 heavy (non-hydrogen) atoms. The molecule has 82 valence electrons. The zero-order chi connectivity index (χ0) is 11.4. The first kappa shape index (κ1) is 11.7. The van der Waals surface area contributed by atoms with Gasteiger partial charge in [0, 0.05) is 11.6 Å². The van der Waals surface area contributed by atoms with E-state index in [4.69, 9.17) is 0 Å². The normalized spacial score (nSPS) is 12.5. The minimum Gasteiger partial charge on any atom is -0.393 e. The molecule has 1 aromatic rings. The lowest BCUT2D eigenvalue weighted by Crippen LogP contribution is -2.08. The monoisotopic (exact) mass is 209 g/mol. The number of benzene rings is 1. The maximum atomic E-state index is 10.6. The first-order chi connectivity index (χ1) is 7.04. The average molecular weight is 209 g/mol. The smallest absolute Gasteiger partial charge is 0.272 e. The van der Waals surface area contributed by atoms with E-state index in [1.54, 1.807) is 19.1 Å². The van der Waals surface area contributed by atoms with Crippen molar-refractivity contribution < 1.29 is 10.0 Å². The van der Waals surface area contributed by atoms with Gasteiger partial charge < -0.3 is 5.11 Å². The number of nitro groups is 1. The summed E-state index contributed by atoms with van der Waals surface area (Å²) in [6.07, 6.45) is 0.872. The lowest BCUT2D eigenvalue weighted by Gasteiger charge is -2.08. The highest BCUT2D eigenvalue weighted by Crippen LogP contribution is 2.19. The van der Waals surface area contributed by atoms with Crippen molar-refractivity contribution in [3.8, 4) is 0 Å². The van der Waals surface area contributed by atoms with Crippen LogP contribution in [0.5, 0.6) is 0 Å². The minimum absolute atomic E-state index is 0.129. The van der Waals surface area contributed by atoms with Crippen molar-refractivity contribution in [1.29, 1.82) is 0 Å². The molecular weight excluding hydrogens is 194 g/mol.